The zero-order valence-electron chi connectivity index (χ0n) is 17.2. The van der Waals surface area contributed by atoms with Crippen molar-refractivity contribution in [1.29, 1.82) is 0 Å². The minimum absolute atomic E-state index is 0.359. The zero-order chi connectivity index (χ0) is 21.3. The van der Waals surface area contributed by atoms with E-state index < -0.39 is 10.0 Å². The largest absolute Gasteiger partial charge is 0.497 e. The number of aromatic nitrogens is 1. The molecule has 0 bridgehead atoms. The second-order valence-electron chi connectivity index (χ2n) is 7.48. The first-order valence-electron chi connectivity index (χ1n) is 9.82. The maximum absolute atomic E-state index is 13.2. The molecule has 160 valence electrons. The summed E-state index contributed by atoms with van der Waals surface area (Å²) in [5, 5.41) is 4.81. The molecule has 9 heteroatoms. The molecule has 3 aromatic rings. The fourth-order valence-electron chi connectivity index (χ4n) is 3.37. The molecular weight excluding hydrogens is 438 g/mol. The molecule has 0 saturated carbocycles. The van der Waals surface area contributed by atoms with Gasteiger partial charge in [0.1, 0.15) is 15.0 Å². The van der Waals surface area contributed by atoms with E-state index in [1.54, 1.807) is 28.8 Å². The predicted molar refractivity (Wildman–Crippen MR) is 123 cm³/mol. The van der Waals surface area contributed by atoms with Gasteiger partial charge in [0.2, 0.25) is 0 Å². The minimum Gasteiger partial charge on any atom is -0.497 e. The van der Waals surface area contributed by atoms with Gasteiger partial charge in [0.05, 0.1) is 12.8 Å². The molecule has 1 saturated heterocycles. The van der Waals surface area contributed by atoms with Gasteiger partial charge in [0, 0.05) is 54.3 Å². The van der Waals surface area contributed by atoms with Gasteiger partial charge in [-0.1, -0.05) is 19.9 Å². The van der Waals surface area contributed by atoms with Crippen LogP contribution in [0.4, 0.5) is 5.69 Å². The van der Waals surface area contributed by atoms with Crippen LogP contribution in [0.25, 0.3) is 10.6 Å². The van der Waals surface area contributed by atoms with E-state index in [0.29, 0.717) is 36.3 Å². The topological polar surface area (TPSA) is 62.7 Å². The van der Waals surface area contributed by atoms with Crippen LogP contribution in [0.3, 0.4) is 0 Å². The number of sulfonamides is 1. The number of benzene rings is 1. The number of rotatable bonds is 6. The number of hydrogen-bond donors (Lipinski definition) is 0. The molecule has 0 radical (unpaired) electrons. The van der Waals surface area contributed by atoms with E-state index in [1.807, 2.05) is 35.0 Å². The average molecular weight is 464 g/mol. The van der Waals surface area contributed by atoms with Crippen LogP contribution in [0.2, 0.25) is 0 Å². The van der Waals surface area contributed by atoms with E-state index in [-0.39, 0.29) is 0 Å². The van der Waals surface area contributed by atoms with Crippen LogP contribution in [-0.2, 0) is 10.0 Å². The van der Waals surface area contributed by atoms with Crippen LogP contribution in [-0.4, -0.2) is 51.0 Å². The van der Waals surface area contributed by atoms with Crippen LogP contribution in [0.1, 0.15) is 25.5 Å². The first kappa shape index (κ1) is 21.3. The number of thiophene rings is 1. The highest BCUT2D eigenvalue weighted by atomic mass is 32.2. The molecule has 0 aliphatic carbocycles. The van der Waals surface area contributed by atoms with Gasteiger partial charge in [-0.25, -0.2) is 13.4 Å². The Labute approximate surface area is 185 Å². The summed E-state index contributed by atoms with van der Waals surface area (Å²) in [4.78, 5) is 6.84. The fourth-order valence-corrected chi connectivity index (χ4v) is 7.15. The Morgan fingerprint density at radius 3 is 2.50 bits per heavy atom. The maximum Gasteiger partial charge on any atom is 0.252 e. The summed E-state index contributed by atoms with van der Waals surface area (Å²) in [5.74, 6) is 1.16. The fraction of sp³-hybridized carbons (Fsp3) is 0.381. The molecule has 1 aromatic carbocycles. The highest BCUT2D eigenvalue weighted by molar-refractivity contribution is 7.91. The van der Waals surface area contributed by atoms with Crippen LogP contribution in [0.5, 0.6) is 5.75 Å². The Bertz CT molecular complexity index is 1110. The molecule has 0 unspecified atom stereocenters. The first-order valence-corrected chi connectivity index (χ1v) is 13.0. The van der Waals surface area contributed by atoms with Crippen molar-refractivity contribution in [2.75, 3.05) is 38.2 Å². The van der Waals surface area contributed by atoms with Gasteiger partial charge >= 0.3 is 0 Å². The van der Waals surface area contributed by atoms with E-state index in [0.717, 1.165) is 27.7 Å². The smallest absolute Gasteiger partial charge is 0.252 e. The second-order valence-corrected chi connectivity index (χ2v) is 11.4. The molecule has 0 spiro atoms. The normalized spacial score (nSPS) is 15.7. The number of hydrogen-bond acceptors (Lipinski definition) is 7. The van der Waals surface area contributed by atoms with Gasteiger partial charge in [-0.2, -0.15) is 4.31 Å². The van der Waals surface area contributed by atoms with Crippen LogP contribution < -0.4 is 9.64 Å². The van der Waals surface area contributed by atoms with Crippen molar-refractivity contribution in [1.82, 2.24) is 9.29 Å². The van der Waals surface area contributed by atoms with Gasteiger partial charge < -0.3 is 9.64 Å². The summed E-state index contributed by atoms with van der Waals surface area (Å²) in [6.45, 7) is 6.42. The summed E-state index contributed by atoms with van der Waals surface area (Å²) in [6.07, 6.45) is 0. The van der Waals surface area contributed by atoms with Crippen LogP contribution in [0.15, 0.2) is 45.3 Å². The first-order chi connectivity index (χ1) is 14.4. The minimum atomic E-state index is -3.50. The lowest BCUT2D eigenvalue weighted by Crippen LogP contribution is -2.48. The average Bonchev–Trinajstić information content (AvgIpc) is 3.44. The maximum atomic E-state index is 13.2. The van der Waals surface area contributed by atoms with E-state index in [9.17, 15) is 8.42 Å². The van der Waals surface area contributed by atoms with Crippen molar-refractivity contribution in [2.45, 2.75) is 24.0 Å². The Morgan fingerprint density at radius 2 is 1.83 bits per heavy atom. The quantitative estimate of drug-likeness (QED) is 0.538. The van der Waals surface area contributed by atoms with Gasteiger partial charge in [-0.15, -0.1) is 22.7 Å². The molecule has 0 N–H and O–H groups in total. The molecule has 1 aliphatic rings. The van der Waals surface area contributed by atoms with Crippen molar-refractivity contribution in [2.24, 2.45) is 0 Å². The second kappa shape index (κ2) is 8.66. The van der Waals surface area contributed by atoms with E-state index in [4.69, 9.17) is 4.74 Å². The third-order valence-electron chi connectivity index (χ3n) is 5.19. The van der Waals surface area contributed by atoms with Gasteiger partial charge in [0.15, 0.2) is 0 Å². The van der Waals surface area contributed by atoms with Gasteiger partial charge in [0.25, 0.3) is 10.0 Å². The molecule has 4 rings (SSSR count). The summed E-state index contributed by atoms with van der Waals surface area (Å²) in [6, 6.07) is 9.63. The number of methoxy groups -OCH3 is 1. The number of piperazine rings is 1. The lowest BCUT2D eigenvalue weighted by molar-refractivity contribution is 0.385. The Balaban J connectivity index is 1.46. The molecule has 2 aromatic heterocycles. The van der Waals surface area contributed by atoms with Crippen molar-refractivity contribution in [3.63, 3.8) is 0 Å². The Morgan fingerprint density at radius 1 is 1.07 bits per heavy atom. The van der Waals surface area contributed by atoms with E-state index in [2.05, 4.69) is 23.7 Å². The molecule has 1 fully saturated rings. The highest BCUT2D eigenvalue weighted by Crippen LogP contribution is 2.34. The Kier molecular flexibility index (Phi) is 6.15. The molecule has 30 heavy (non-hydrogen) atoms. The number of anilines is 1. The standard InChI is InChI=1S/C21H25N3O3S3/c1-15(2)19-14-29-21(22-19)16-11-20(28-13-16)30(25,26)24-9-7-23(8-10-24)17-5-4-6-18(12-17)27-3/h4-6,11-15H,7-10H2,1-3H3. The molecule has 0 amide bonds. The van der Waals surface area contributed by atoms with E-state index in [1.165, 1.54) is 11.3 Å². The third kappa shape index (κ3) is 4.25. The summed E-state index contributed by atoms with van der Waals surface area (Å²) in [7, 11) is -1.85. The molecule has 1 aliphatic heterocycles. The van der Waals surface area contributed by atoms with Crippen LogP contribution >= 0.6 is 22.7 Å². The number of nitrogens with zero attached hydrogens (tertiary/aromatic N) is 3. The summed E-state index contributed by atoms with van der Waals surface area (Å²) in [5.41, 5.74) is 2.97. The summed E-state index contributed by atoms with van der Waals surface area (Å²) >= 11 is 2.83. The van der Waals surface area contributed by atoms with E-state index >= 15 is 0 Å². The van der Waals surface area contributed by atoms with Gasteiger partial charge in [-0.05, 0) is 24.1 Å². The van der Waals surface area contributed by atoms with Gasteiger partial charge in [-0.3, -0.25) is 0 Å². The third-order valence-corrected chi connectivity index (χ3v) is 9.41. The lowest BCUT2D eigenvalue weighted by Gasteiger charge is -2.35. The van der Waals surface area contributed by atoms with Crippen LogP contribution in [0, 0.1) is 0 Å². The van der Waals surface area contributed by atoms with Crippen molar-refractivity contribution in [3.8, 4) is 16.3 Å². The van der Waals surface area contributed by atoms with Crippen molar-refractivity contribution < 1.29 is 13.2 Å². The highest BCUT2D eigenvalue weighted by Gasteiger charge is 2.30. The Hall–Kier alpha value is -1.94. The zero-order valence-corrected chi connectivity index (χ0v) is 19.7. The van der Waals surface area contributed by atoms with Crippen molar-refractivity contribution in [3.05, 3.63) is 46.8 Å². The molecule has 6 nitrogen and oxygen atoms in total. The molecular formula is C21H25N3O3S3. The SMILES string of the molecule is COc1cccc(N2CCN(S(=O)(=O)c3cc(-c4nc(C(C)C)cs4)cs3)CC2)c1. The molecule has 3 heterocycles. The monoisotopic (exact) mass is 463 g/mol. The molecule has 0 atom stereocenters. The number of thiazole rings is 1. The number of ether oxygens (including phenoxy) is 1. The summed E-state index contributed by atoms with van der Waals surface area (Å²) < 4.78 is 33.6. The van der Waals surface area contributed by atoms with Crippen molar-refractivity contribution >= 4 is 38.4 Å². The predicted octanol–water partition coefficient (Wildman–Crippen LogP) is 4.51. The lowest BCUT2D eigenvalue weighted by atomic mass is 10.2.